The molecule has 0 aliphatic rings. The van der Waals surface area contributed by atoms with Crippen LogP contribution in [0.15, 0.2) is 5.16 Å². The molecule has 0 aliphatic heterocycles. The van der Waals surface area contributed by atoms with Crippen LogP contribution in [0.5, 0.6) is 0 Å². The number of anilines is 1. The van der Waals surface area contributed by atoms with Crippen LogP contribution in [0.1, 0.15) is 26.2 Å². The first-order chi connectivity index (χ1) is 7.60. The normalized spacial score (nSPS) is 11.6. The monoisotopic (exact) mass is 248 g/mol. The Hall–Kier alpha value is -1.19. The van der Waals surface area contributed by atoms with Gasteiger partial charge in [-0.1, -0.05) is 19.8 Å². The number of nitrogen functional groups attached to an aromatic ring is 1. The molecule has 1 heterocycles. The Morgan fingerprint density at radius 3 is 2.75 bits per heavy atom. The fourth-order valence-corrected chi connectivity index (χ4v) is 2.00. The van der Waals surface area contributed by atoms with Gasteiger partial charge in [-0.25, -0.2) is 24.1 Å². The van der Waals surface area contributed by atoms with Gasteiger partial charge in [0.05, 0.1) is 0 Å². The maximum atomic E-state index is 11.6. The number of unbranched alkanes of at least 4 members (excludes halogenated alkanes) is 2. The van der Waals surface area contributed by atoms with Crippen molar-refractivity contribution in [1.82, 2.24) is 19.9 Å². The van der Waals surface area contributed by atoms with E-state index in [9.17, 15) is 8.42 Å². The number of nitrogens with one attached hydrogen (secondary N) is 3. The smallest absolute Gasteiger partial charge is 0.275 e. The van der Waals surface area contributed by atoms with E-state index in [0.717, 1.165) is 19.3 Å². The van der Waals surface area contributed by atoms with E-state index in [0.29, 0.717) is 6.54 Å². The molecule has 0 spiro atoms. The van der Waals surface area contributed by atoms with Gasteiger partial charge in [0, 0.05) is 6.54 Å². The van der Waals surface area contributed by atoms with Crippen molar-refractivity contribution < 1.29 is 8.42 Å². The van der Waals surface area contributed by atoms with Gasteiger partial charge in [-0.2, -0.15) is 4.98 Å². The quantitative estimate of drug-likeness (QED) is 0.294. The summed E-state index contributed by atoms with van der Waals surface area (Å²) in [7, 11) is -3.60. The average molecular weight is 248 g/mol. The number of sulfonamides is 1. The number of rotatable bonds is 7. The van der Waals surface area contributed by atoms with Crippen LogP contribution in [0.2, 0.25) is 0 Å². The summed E-state index contributed by atoms with van der Waals surface area (Å²) in [6.45, 7) is 2.44. The summed E-state index contributed by atoms with van der Waals surface area (Å²) < 4.78 is 25.6. The molecular weight excluding hydrogens is 232 g/mol. The molecule has 1 aromatic rings. The molecule has 0 saturated heterocycles. The predicted octanol–water partition coefficient (Wildman–Crippen LogP) is -0.441. The summed E-state index contributed by atoms with van der Waals surface area (Å²) in [5.41, 5.74) is 2.15. The lowest BCUT2D eigenvalue weighted by atomic mass is 10.3. The summed E-state index contributed by atoms with van der Waals surface area (Å²) in [6.07, 6.45) is 2.81. The molecule has 8 nitrogen and oxygen atoms in total. The zero-order valence-corrected chi connectivity index (χ0v) is 9.84. The number of nitrogens with two attached hydrogens (primary N) is 1. The number of hydrogen-bond acceptors (Lipinski definition) is 6. The molecule has 0 fully saturated rings. The Labute approximate surface area is 94.0 Å². The van der Waals surface area contributed by atoms with Gasteiger partial charge in [0.1, 0.15) is 0 Å². The highest BCUT2D eigenvalue weighted by atomic mass is 32.2. The summed E-state index contributed by atoms with van der Waals surface area (Å²) >= 11 is 0. The summed E-state index contributed by atoms with van der Waals surface area (Å²) in [5, 5.41) is 5.60. The first-order valence-electron chi connectivity index (χ1n) is 4.99. The van der Waals surface area contributed by atoms with Crippen molar-refractivity contribution in [3.63, 3.8) is 0 Å². The molecular formula is C7H16N6O2S. The largest absolute Gasteiger partial charge is 0.291 e. The number of hydrogen-bond donors (Lipinski definition) is 4. The maximum Gasteiger partial charge on any atom is 0.275 e. The van der Waals surface area contributed by atoms with Crippen molar-refractivity contribution in [2.45, 2.75) is 31.3 Å². The van der Waals surface area contributed by atoms with Crippen molar-refractivity contribution in [3.05, 3.63) is 0 Å². The van der Waals surface area contributed by atoms with E-state index in [4.69, 9.17) is 5.84 Å². The van der Waals surface area contributed by atoms with Crippen molar-refractivity contribution in [3.8, 4) is 0 Å². The van der Waals surface area contributed by atoms with Crippen LogP contribution in [0.4, 0.5) is 5.95 Å². The first-order valence-corrected chi connectivity index (χ1v) is 6.47. The molecule has 16 heavy (non-hydrogen) atoms. The standard InChI is InChI=1S/C7H16N6O2S/c1-2-3-4-5-9-16(14,15)7-10-6(11-8)12-13-7/h9H,2-5,8H2,1H3,(H2,10,11,12,13). The van der Waals surface area contributed by atoms with Gasteiger partial charge in [0.2, 0.25) is 0 Å². The zero-order valence-electron chi connectivity index (χ0n) is 9.02. The number of aromatic nitrogens is 3. The third-order valence-corrected chi connectivity index (χ3v) is 3.20. The number of hydrazine groups is 1. The van der Waals surface area contributed by atoms with Crippen molar-refractivity contribution in [1.29, 1.82) is 0 Å². The molecule has 0 saturated carbocycles. The molecule has 5 N–H and O–H groups in total. The second-order valence-electron chi connectivity index (χ2n) is 3.21. The first kappa shape index (κ1) is 12.9. The zero-order chi connectivity index (χ0) is 12.0. The molecule has 0 aromatic carbocycles. The van der Waals surface area contributed by atoms with E-state index in [1.165, 1.54) is 0 Å². The molecule has 0 atom stereocenters. The van der Waals surface area contributed by atoms with Crippen LogP contribution in [0.25, 0.3) is 0 Å². The fourth-order valence-electron chi connectivity index (χ4n) is 1.08. The molecule has 0 aliphatic carbocycles. The number of H-pyrrole nitrogens is 1. The number of nitrogens with zero attached hydrogens (tertiary/aromatic N) is 2. The third-order valence-electron chi connectivity index (χ3n) is 1.92. The lowest BCUT2D eigenvalue weighted by Gasteiger charge is -2.02. The Bertz CT molecular complexity index is 414. The molecule has 0 amide bonds. The minimum atomic E-state index is -3.60. The van der Waals surface area contributed by atoms with Gasteiger partial charge in [0.15, 0.2) is 0 Å². The van der Waals surface area contributed by atoms with Gasteiger partial charge in [0.25, 0.3) is 21.1 Å². The fraction of sp³-hybridized carbons (Fsp3) is 0.714. The van der Waals surface area contributed by atoms with E-state index in [1.54, 1.807) is 0 Å². The molecule has 0 bridgehead atoms. The Morgan fingerprint density at radius 2 is 2.19 bits per heavy atom. The molecule has 9 heteroatoms. The van der Waals surface area contributed by atoms with Gasteiger partial charge in [-0.05, 0) is 6.42 Å². The summed E-state index contributed by atoms with van der Waals surface area (Å²) in [6, 6.07) is 0. The Balaban J connectivity index is 2.56. The van der Waals surface area contributed by atoms with Gasteiger partial charge >= 0.3 is 0 Å². The van der Waals surface area contributed by atoms with Crippen LogP contribution in [0, 0.1) is 0 Å². The minimum Gasteiger partial charge on any atom is -0.291 e. The molecule has 1 aromatic heterocycles. The maximum absolute atomic E-state index is 11.6. The highest BCUT2D eigenvalue weighted by molar-refractivity contribution is 7.89. The highest BCUT2D eigenvalue weighted by Crippen LogP contribution is 2.04. The van der Waals surface area contributed by atoms with Crippen LogP contribution in [-0.2, 0) is 10.0 Å². The van der Waals surface area contributed by atoms with Gasteiger partial charge < -0.3 is 0 Å². The van der Waals surface area contributed by atoms with E-state index in [1.807, 2.05) is 6.92 Å². The highest BCUT2D eigenvalue weighted by Gasteiger charge is 2.18. The van der Waals surface area contributed by atoms with Crippen LogP contribution < -0.4 is 16.0 Å². The van der Waals surface area contributed by atoms with E-state index < -0.39 is 10.0 Å². The molecule has 1 rings (SSSR count). The van der Waals surface area contributed by atoms with E-state index in [2.05, 4.69) is 25.3 Å². The third kappa shape index (κ3) is 3.43. The van der Waals surface area contributed by atoms with Crippen molar-refractivity contribution >= 4 is 16.0 Å². The number of aromatic amines is 1. The Kier molecular flexibility index (Phi) is 4.65. The summed E-state index contributed by atoms with van der Waals surface area (Å²) in [5.74, 6) is 5.07. The predicted molar refractivity (Wildman–Crippen MR) is 58.9 cm³/mol. The Morgan fingerprint density at radius 1 is 1.44 bits per heavy atom. The van der Waals surface area contributed by atoms with E-state index in [-0.39, 0.29) is 11.1 Å². The summed E-state index contributed by atoms with van der Waals surface area (Å²) in [4.78, 5) is 3.65. The lowest BCUT2D eigenvalue weighted by molar-refractivity contribution is 0.567. The van der Waals surface area contributed by atoms with Gasteiger partial charge in [-0.3, -0.25) is 5.43 Å². The lowest BCUT2D eigenvalue weighted by Crippen LogP contribution is -2.25. The van der Waals surface area contributed by atoms with Gasteiger partial charge in [-0.15, -0.1) is 5.10 Å². The molecule has 0 radical (unpaired) electrons. The minimum absolute atomic E-state index is 0.0360. The van der Waals surface area contributed by atoms with Crippen LogP contribution >= 0.6 is 0 Å². The SMILES string of the molecule is CCCCCNS(=O)(=O)c1nc(NN)n[nH]1. The second-order valence-corrected chi connectivity index (χ2v) is 4.90. The van der Waals surface area contributed by atoms with Crippen LogP contribution in [-0.4, -0.2) is 30.1 Å². The van der Waals surface area contributed by atoms with Crippen molar-refractivity contribution in [2.24, 2.45) is 5.84 Å². The molecule has 0 unspecified atom stereocenters. The van der Waals surface area contributed by atoms with Crippen molar-refractivity contribution in [2.75, 3.05) is 12.0 Å². The second kappa shape index (κ2) is 5.77. The topological polar surface area (TPSA) is 126 Å². The molecule has 92 valence electrons. The van der Waals surface area contributed by atoms with Crippen LogP contribution in [0.3, 0.4) is 0 Å². The van der Waals surface area contributed by atoms with E-state index >= 15 is 0 Å². The average Bonchev–Trinajstić information content (AvgIpc) is 2.73.